The van der Waals surface area contributed by atoms with Gasteiger partial charge in [0, 0.05) is 46.9 Å². The fourth-order valence-electron chi connectivity index (χ4n) is 5.96. The van der Waals surface area contributed by atoms with Gasteiger partial charge in [-0.2, -0.15) is 0 Å². The van der Waals surface area contributed by atoms with Crippen LogP contribution in [0.5, 0.6) is 5.75 Å². The zero-order valence-electron chi connectivity index (χ0n) is 23.1. The predicted octanol–water partition coefficient (Wildman–Crippen LogP) is 6.99. The van der Waals surface area contributed by atoms with Gasteiger partial charge in [-0.1, -0.05) is 34.1 Å². The quantitative estimate of drug-likeness (QED) is 0.344. The molecule has 1 saturated heterocycles. The SMILES string of the molecule is CC(C)C1=CN(C(=O)c2ccc(OCCCN3CCCCC3)cc2)CC(C)(C)c2c1[nH]c1cc(F)ccc21. The van der Waals surface area contributed by atoms with E-state index in [4.69, 9.17) is 4.74 Å². The normalized spacial score (nSPS) is 17.8. The minimum absolute atomic E-state index is 0.0339. The molecule has 3 aromatic rings. The highest BCUT2D eigenvalue weighted by atomic mass is 19.1. The minimum Gasteiger partial charge on any atom is -0.494 e. The number of H-pyrrole nitrogens is 1. The average molecular weight is 518 g/mol. The van der Waals surface area contributed by atoms with Gasteiger partial charge in [-0.05, 0) is 91.9 Å². The number of hydrogen-bond acceptors (Lipinski definition) is 3. The molecule has 202 valence electrons. The Hall–Kier alpha value is -3.12. The van der Waals surface area contributed by atoms with Gasteiger partial charge in [0.2, 0.25) is 0 Å². The van der Waals surface area contributed by atoms with Gasteiger partial charge >= 0.3 is 0 Å². The molecule has 2 aliphatic heterocycles. The Morgan fingerprint density at radius 2 is 1.82 bits per heavy atom. The summed E-state index contributed by atoms with van der Waals surface area (Å²) in [6, 6.07) is 12.4. The van der Waals surface area contributed by atoms with Crippen molar-refractivity contribution in [2.24, 2.45) is 5.92 Å². The highest BCUT2D eigenvalue weighted by molar-refractivity contribution is 5.97. The predicted molar refractivity (Wildman–Crippen MR) is 152 cm³/mol. The number of likely N-dealkylation sites (tertiary alicyclic amines) is 1. The number of aromatic amines is 1. The number of nitrogens with one attached hydrogen (secondary N) is 1. The molecule has 1 fully saturated rings. The van der Waals surface area contributed by atoms with Gasteiger partial charge in [-0.15, -0.1) is 0 Å². The van der Waals surface area contributed by atoms with Gasteiger partial charge in [0.25, 0.3) is 5.91 Å². The van der Waals surface area contributed by atoms with Crippen molar-refractivity contribution in [1.29, 1.82) is 0 Å². The second kappa shape index (κ2) is 10.9. The molecule has 0 bridgehead atoms. The lowest BCUT2D eigenvalue weighted by atomic mass is 9.81. The summed E-state index contributed by atoms with van der Waals surface area (Å²) in [6.07, 6.45) is 6.96. The van der Waals surface area contributed by atoms with E-state index in [2.05, 4.69) is 37.6 Å². The van der Waals surface area contributed by atoms with Crippen molar-refractivity contribution in [3.8, 4) is 5.75 Å². The molecule has 2 aliphatic rings. The third kappa shape index (κ3) is 5.51. The Kier molecular flexibility index (Phi) is 7.62. The van der Waals surface area contributed by atoms with E-state index in [1.807, 2.05) is 41.4 Å². The zero-order valence-corrected chi connectivity index (χ0v) is 23.1. The number of piperidine rings is 1. The lowest BCUT2D eigenvalue weighted by Crippen LogP contribution is -2.36. The number of rotatable bonds is 7. The topological polar surface area (TPSA) is 48.6 Å². The van der Waals surface area contributed by atoms with Crippen LogP contribution < -0.4 is 4.74 Å². The van der Waals surface area contributed by atoms with Crippen LogP contribution in [0.25, 0.3) is 16.5 Å². The summed E-state index contributed by atoms with van der Waals surface area (Å²) in [4.78, 5) is 21.5. The van der Waals surface area contributed by atoms with Crippen molar-refractivity contribution in [2.45, 2.75) is 58.8 Å². The Morgan fingerprint density at radius 1 is 1.08 bits per heavy atom. The molecule has 0 unspecified atom stereocenters. The molecule has 5 rings (SSSR count). The summed E-state index contributed by atoms with van der Waals surface area (Å²) in [5, 5.41) is 1.01. The molecule has 38 heavy (non-hydrogen) atoms. The lowest BCUT2D eigenvalue weighted by Gasteiger charge is -2.29. The Labute approximate surface area is 225 Å². The summed E-state index contributed by atoms with van der Waals surface area (Å²) >= 11 is 0. The number of hydrogen-bond donors (Lipinski definition) is 1. The first-order valence-corrected chi connectivity index (χ1v) is 14.0. The molecule has 0 spiro atoms. The fraction of sp³-hybridized carbons (Fsp3) is 0.469. The number of benzene rings is 2. The summed E-state index contributed by atoms with van der Waals surface area (Å²) in [6.45, 7) is 13.3. The van der Waals surface area contributed by atoms with Crippen LogP contribution in [0.2, 0.25) is 0 Å². The van der Waals surface area contributed by atoms with Crippen molar-refractivity contribution < 1.29 is 13.9 Å². The number of carbonyl (C=O) groups is 1. The smallest absolute Gasteiger partial charge is 0.257 e. The molecule has 0 radical (unpaired) electrons. The van der Waals surface area contributed by atoms with Gasteiger partial charge in [0.05, 0.1) is 6.61 Å². The van der Waals surface area contributed by atoms with Gasteiger partial charge in [0.15, 0.2) is 0 Å². The maximum Gasteiger partial charge on any atom is 0.257 e. The second-order valence-corrected chi connectivity index (χ2v) is 11.7. The van der Waals surface area contributed by atoms with Crippen LogP contribution in [-0.4, -0.2) is 53.5 Å². The van der Waals surface area contributed by atoms with E-state index < -0.39 is 0 Å². The molecule has 5 nitrogen and oxygen atoms in total. The Bertz CT molecular complexity index is 1320. The van der Waals surface area contributed by atoms with Gasteiger partial charge in [-0.3, -0.25) is 4.79 Å². The van der Waals surface area contributed by atoms with E-state index in [0.717, 1.165) is 46.4 Å². The van der Waals surface area contributed by atoms with E-state index in [0.29, 0.717) is 18.7 Å². The molecule has 1 N–H and O–H groups in total. The number of amides is 1. The molecule has 1 aromatic heterocycles. The van der Waals surface area contributed by atoms with Crippen LogP contribution in [0, 0.1) is 11.7 Å². The number of fused-ring (bicyclic) bond motifs is 3. The Balaban J connectivity index is 1.32. The first-order valence-electron chi connectivity index (χ1n) is 14.0. The summed E-state index contributed by atoms with van der Waals surface area (Å²) in [5.41, 5.74) is 4.26. The number of aromatic nitrogens is 1. The largest absolute Gasteiger partial charge is 0.494 e. The third-order valence-corrected chi connectivity index (χ3v) is 7.91. The first kappa shape index (κ1) is 26.5. The van der Waals surface area contributed by atoms with E-state index in [1.165, 1.54) is 38.4 Å². The van der Waals surface area contributed by atoms with Crippen LogP contribution in [0.3, 0.4) is 0 Å². The van der Waals surface area contributed by atoms with Crippen LogP contribution in [0.1, 0.15) is 75.0 Å². The van der Waals surface area contributed by atoms with Crippen LogP contribution in [0.4, 0.5) is 4.39 Å². The zero-order chi connectivity index (χ0) is 26.9. The maximum absolute atomic E-state index is 14.0. The van der Waals surface area contributed by atoms with Crippen LogP contribution >= 0.6 is 0 Å². The van der Waals surface area contributed by atoms with Crippen LogP contribution in [0.15, 0.2) is 48.7 Å². The van der Waals surface area contributed by atoms with Gasteiger partial charge < -0.3 is 19.5 Å². The average Bonchev–Trinajstić information content (AvgIpc) is 3.23. The molecule has 0 aliphatic carbocycles. The molecular formula is C32H40FN3O2. The molecule has 3 heterocycles. The van der Waals surface area contributed by atoms with E-state index in [-0.39, 0.29) is 23.1 Å². The summed E-state index contributed by atoms with van der Waals surface area (Å²) in [7, 11) is 0. The molecule has 0 atom stereocenters. The summed E-state index contributed by atoms with van der Waals surface area (Å²) < 4.78 is 19.9. The second-order valence-electron chi connectivity index (χ2n) is 11.7. The standard InChI is InChI=1S/C32H40FN3O2/c1-22(2)27-20-36(21-32(3,4)29-26-14-11-24(33)19-28(26)34-30(27)29)31(37)23-9-12-25(13-10-23)38-18-8-17-35-15-6-5-7-16-35/h9-14,19-20,22,34H,5-8,15-18,21H2,1-4H3. The number of halogens is 1. The van der Waals surface area contributed by atoms with Crippen LogP contribution in [-0.2, 0) is 5.41 Å². The molecule has 6 heteroatoms. The highest BCUT2D eigenvalue weighted by Crippen LogP contribution is 2.42. The number of nitrogens with zero attached hydrogens (tertiary/aromatic N) is 2. The van der Waals surface area contributed by atoms with Crippen molar-refractivity contribution in [3.63, 3.8) is 0 Å². The number of allylic oxidation sites excluding steroid dienone is 1. The number of ether oxygens (including phenoxy) is 1. The lowest BCUT2D eigenvalue weighted by molar-refractivity contribution is 0.0800. The molecule has 1 amide bonds. The minimum atomic E-state index is -0.342. The monoisotopic (exact) mass is 517 g/mol. The highest BCUT2D eigenvalue weighted by Gasteiger charge is 2.36. The van der Waals surface area contributed by atoms with E-state index in [9.17, 15) is 9.18 Å². The van der Waals surface area contributed by atoms with Gasteiger partial charge in [0.1, 0.15) is 11.6 Å². The fourth-order valence-corrected chi connectivity index (χ4v) is 5.96. The van der Waals surface area contributed by atoms with Crippen molar-refractivity contribution in [2.75, 3.05) is 32.8 Å². The van der Waals surface area contributed by atoms with Crippen molar-refractivity contribution >= 4 is 22.4 Å². The first-order chi connectivity index (χ1) is 18.2. The molecule has 2 aromatic carbocycles. The summed E-state index contributed by atoms with van der Waals surface area (Å²) in [5.74, 6) is 0.682. The molecular weight excluding hydrogens is 477 g/mol. The third-order valence-electron chi connectivity index (χ3n) is 7.91. The van der Waals surface area contributed by atoms with Crippen molar-refractivity contribution in [1.82, 2.24) is 14.8 Å². The Morgan fingerprint density at radius 3 is 2.53 bits per heavy atom. The van der Waals surface area contributed by atoms with E-state index in [1.54, 1.807) is 6.07 Å². The van der Waals surface area contributed by atoms with Gasteiger partial charge in [-0.25, -0.2) is 4.39 Å². The molecule has 0 saturated carbocycles. The van der Waals surface area contributed by atoms with E-state index >= 15 is 0 Å². The van der Waals surface area contributed by atoms with Crippen molar-refractivity contribution in [3.05, 3.63) is 71.3 Å². The number of carbonyl (C=O) groups excluding carboxylic acids is 1. The maximum atomic E-state index is 14.0.